The second kappa shape index (κ2) is 3.08. The summed E-state index contributed by atoms with van der Waals surface area (Å²) in [5, 5.41) is 8.77. The van der Waals surface area contributed by atoms with Crippen molar-refractivity contribution in [3.63, 3.8) is 0 Å². The summed E-state index contributed by atoms with van der Waals surface area (Å²) in [5.41, 5.74) is 0. The Hall–Kier alpha value is -1.39. The van der Waals surface area contributed by atoms with Crippen molar-refractivity contribution in [3.8, 4) is 0 Å². The van der Waals surface area contributed by atoms with Crippen LogP contribution in [0.4, 0.5) is 0 Å². The molecule has 76 valence electrons. The van der Waals surface area contributed by atoms with Gasteiger partial charge in [0.2, 0.25) is 0 Å². The highest BCUT2D eigenvalue weighted by molar-refractivity contribution is 5.96. The molecule has 0 aromatic carbocycles. The maximum absolute atomic E-state index is 11.2. The van der Waals surface area contributed by atoms with Gasteiger partial charge in [-0.25, -0.2) is 0 Å². The molecule has 1 heterocycles. The number of ether oxygens (including phenoxy) is 1. The summed E-state index contributed by atoms with van der Waals surface area (Å²) in [5.74, 6) is -3.34. The number of carbonyl (C=O) groups excluding carboxylic acids is 2. The molecular formula is C9H10O5. The smallest absolute Gasteiger partial charge is 0.317 e. The first-order chi connectivity index (χ1) is 6.59. The van der Waals surface area contributed by atoms with Gasteiger partial charge in [-0.15, -0.1) is 0 Å². The average Bonchev–Trinajstić information content (AvgIpc) is 2.42. The number of carboxylic acids is 1. The highest BCUT2D eigenvalue weighted by Gasteiger charge is 2.48. The summed E-state index contributed by atoms with van der Waals surface area (Å²) >= 11 is 0. The fourth-order valence-electron chi connectivity index (χ4n) is 2.19. The van der Waals surface area contributed by atoms with Crippen LogP contribution in [0.25, 0.3) is 0 Å². The van der Waals surface area contributed by atoms with Crippen LogP contribution in [-0.2, 0) is 19.1 Å². The van der Waals surface area contributed by atoms with Crippen LogP contribution in [0, 0.1) is 17.8 Å². The third-order valence-corrected chi connectivity index (χ3v) is 3.01. The molecular weight excluding hydrogens is 188 g/mol. The fourth-order valence-corrected chi connectivity index (χ4v) is 2.19. The molecule has 1 saturated heterocycles. The van der Waals surface area contributed by atoms with Crippen molar-refractivity contribution in [2.75, 3.05) is 0 Å². The van der Waals surface area contributed by atoms with Crippen molar-refractivity contribution in [1.82, 2.24) is 0 Å². The van der Waals surface area contributed by atoms with Gasteiger partial charge >= 0.3 is 17.9 Å². The standard InChI is InChI=1S/C9H10O5/c10-7(11)4-1-2-5-6(3-4)9(13)14-8(5)12/h4-6H,1-3H2,(H,10,11)/t4-,5?,6-/m1/s1. The molecule has 2 fully saturated rings. The zero-order valence-electron chi connectivity index (χ0n) is 7.43. The fraction of sp³-hybridized carbons (Fsp3) is 0.667. The van der Waals surface area contributed by atoms with Crippen molar-refractivity contribution in [2.24, 2.45) is 17.8 Å². The normalized spacial score (nSPS) is 36.4. The number of hydrogen-bond acceptors (Lipinski definition) is 4. The Morgan fingerprint density at radius 1 is 1.21 bits per heavy atom. The van der Waals surface area contributed by atoms with Crippen molar-refractivity contribution in [3.05, 3.63) is 0 Å². The molecule has 0 aromatic rings. The number of hydrogen-bond donors (Lipinski definition) is 1. The molecule has 1 N–H and O–H groups in total. The van der Waals surface area contributed by atoms with E-state index in [0.717, 1.165) is 0 Å². The molecule has 5 heteroatoms. The van der Waals surface area contributed by atoms with Crippen LogP contribution in [0.1, 0.15) is 19.3 Å². The van der Waals surface area contributed by atoms with Crippen LogP contribution in [0.3, 0.4) is 0 Å². The van der Waals surface area contributed by atoms with Crippen molar-refractivity contribution >= 4 is 17.9 Å². The number of rotatable bonds is 1. The first-order valence-corrected chi connectivity index (χ1v) is 4.58. The second-order valence-corrected chi connectivity index (χ2v) is 3.80. The summed E-state index contributed by atoms with van der Waals surface area (Å²) in [7, 11) is 0. The minimum Gasteiger partial charge on any atom is -0.481 e. The molecule has 5 nitrogen and oxygen atoms in total. The quantitative estimate of drug-likeness (QED) is 0.480. The molecule has 0 bridgehead atoms. The van der Waals surface area contributed by atoms with Crippen LogP contribution >= 0.6 is 0 Å². The molecule has 1 unspecified atom stereocenters. The van der Waals surface area contributed by atoms with Gasteiger partial charge in [0.05, 0.1) is 17.8 Å². The van der Waals surface area contributed by atoms with E-state index in [1.807, 2.05) is 0 Å². The molecule has 0 amide bonds. The van der Waals surface area contributed by atoms with Gasteiger partial charge in [0, 0.05) is 0 Å². The van der Waals surface area contributed by atoms with Gasteiger partial charge in [0.1, 0.15) is 0 Å². The molecule has 0 spiro atoms. The Bertz CT molecular complexity index is 308. The Labute approximate surface area is 80.0 Å². The van der Waals surface area contributed by atoms with E-state index in [4.69, 9.17) is 5.11 Å². The molecule has 2 aliphatic rings. The van der Waals surface area contributed by atoms with Gasteiger partial charge in [-0.2, -0.15) is 0 Å². The van der Waals surface area contributed by atoms with Gasteiger partial charge in [-0.3, -0.25) is 14.4 Å². The van der Waals surface area contributed by atoms with Crippen molar-refractivity contribution in [2.45, 2.75) is 19.3 Å². The Kier molecular flexibility index (Phi) is 2.02. The minimum atomic E-state index is -0.893. The lowest BCUT2D eigenvalue weighted by Crippen LogP contribution is -2.30. The first-order valence-electron chi connectivity index (χ1n) is 4.58. The maximum atomic E-state index is 11.2. The number of aliphatic carboxylic acids is 1. The zero-order chi connectivity index (χ0) is 10.3. The SMILES string of the molecule is O=C1OC(=O)[C@@H]2C[C@H](C(=O)O)CCC12. The van der Waals surface area contributed by atoms with Gasteiger partial charge < -0.3 is 9.84 Å². The first kappa shape index (κ1) is 9.18. The van der Waals surface area contributed by atoms with Crippen molar-refractivity contribution < 1.29 is 24.2 Å². The zero-order valence-corrected chi connectivity index (χ0v) is 7.43. The Morgan fingerprint density at radius 2 is 1.86 bits per heavy atom. The molecule has 2 rings (SSSR count). The summed E-state index contributed by atoms with van der Waals surface area (Å²) < 4.78 is 4.47. The van der Waals surface area contributed by atoms with Gasteiger partial charge in [-0.05, 0) is 19.3 Å². The third-order valence-electron chi connectivity index (χ3n) is 3.01. The van der Waals surface area contributed by atoms with Crippen LogP contribution in [0.15, 0.2) is 0 Å². The highest BCUT2D eigenvalue weighted by atomic mass is 16.6. The monoisotopic (exact) mass is 198 g/mol. The Morgan fingerprint density at radius 3 is 2.50 bits per heavy atom. The Balaban J connectivity index is 2.13. The van der Waals surface area contributed by atoms with E-state index in [1.54, 1.807) is 0 Å². The lowest BCUT2D eigenvalue weighted by atomic mass is 9.75. The van der Waals surface area contributed by atoms with E-state index in [2.05, 4.69) is 4.74 Å². The molecule has 1 aliphatic heterocycles. The minimum absolute atomic E-state index is 0.241. The summed E-state index contributed by atoms with van der Waals surface area (Å²) in [4.78, 5) is 33.0. The number of carbonyl (C=O) groups is 3. The summed E-state index contributed by atoms with van der Waals surface area (Å²) in [6, 6.07) is 0. The van der Waals surface area contributed by atoms with E-state index in [-0.39, 0.29) is 6.42 Å². The number of fused-ring (bicyclic) bond motifs is 1. The second-order valence-electron chi connectivity index (χ2n) is 3.80. The van der Waals surface area contributed by atoms with Gasteiger partial charge in [-0.1, -0.05) is 0 Å². The summed E-state index contributed by atoms with van der Waals surface area (Å²) in [6.07, 6.45) is 1.15. The van der Waals surface area contributed by atoms with E-state index in [0.29, 0.717) is 12.8 Å². The largest absolute Gasteiger partial charge is 0.481 e. The van der Waals surface area contributed by atoms with Crippen LogP contribution < -0.4 is 0 Å². The predicted molar refractivity (Wildman–Crippen MR) is 43.1 cm³/mol. The van der Waals surface area contributed by atoms with E-state index < -0.39 is 35.7 Å². The average molecular weight is 198 g/mol. The molecule has 0 aromatic heterocycles. The molecule has 14 heavy (non-hydrogen) atoms. The van der Waals surface area contributed by atoms with Crippen molar-refractivity contribution in [1.29, 1.82) is 0 Å². The van der Waals surface area contributed by atoms with Crippen LogP contribution in [0.5, 0.6) is 0 Å². The molecule has 1 saturated carbocycles. The summed E-state index contributed by atoms with van der Waals surface area (Å²) in [6.45, 7) is 0. The third kappa shape index (κ3) is 1.29. The topological polar surface area (TPSA) is 80.7 Å². The number of carboxylic acid groups (broad SMARTS) is 1. The molecule has 3 atom stereocenters. The molecule has 1 aliphatic carbocycles. The lowest BCUT2D eigenvalue weighted by molar-refractivity contribution is -0.153. The van der Waals surface area contributed by atoms with Crippen LogP contribution in [-0.4, -0.2) is 23.0 Å². The van der Waals surface area contributed by atoms with Gasteiger partial charge in [0.15, 0.2) is 0 Å². The van der Waals surface area contributed by atoms with E-state index in [9.17, 15) is 14.4 Å². The number of cyclic esters (lactones) is 2. The van der Waals surface area contributed by atoms with Crippen LogP contribution in [0.2, 0.25) is 0 Å². The predicted octanol–water partition coefficient (Wildman–Crippen LogP) is 0.187. The maximum Gasteiger partial charge on any atom is 0.317 e. The van der Waals surface area contributed by atoms with Gasteiger partial charge in [0.25, 0.3) is 0 Å². The lowest BCUT2D eigenvalue weighted by Gasteiger charge is -2.24. The number of esters is 2. The van der Waals surface area contributed by atoms with E-state index in [1.165, 1.54) is 0 Å². The molecule has 0 radical (unpaired) electrons. The van der Waals surface area contributed by atoms with E-state index >= 15 is 0 Å². The highest BCUT2D eigenvalue weighted by Crippen LogP contribution is 2.39.